The molecule has 0 aromatic carbocycles. The largest absolute Gasteiger partial charge is 0.300 e. The lowest BCUT2D eigenvalue weighted by Gasteiger charge is -2.01. The van der Waals surface area contributed by atoms with E-state index in [2.05, 4.69) is 6.58 Å². The lowest BCUT2D eigenvalue weighted by atomic mass is 10.0. The lowest BCUT2D eigenvalue weighted by molar-refractivity contribution is -0.119. The van der Waals surface area contributed by atoms with Crippen molar-refractivity contribution in [2.75, 3.05) is 0 Å². The molecule has 0 heterocycles. The molecule has 0 radical (unpaired) electrons. The van der Waals surface area contributed by atoms with Crippen molar-refractivity contribution in [1.29, 1.82) is 5.26 Å². The number of Topliss-reactive ketones (excluding diaryl/α,β-unsaturated/α-hetero) is 1. The number of ketones is 1. The third-order valence-corrected chi connectivity index (χ3v) is 1.47. The third kappa shape index (κ3) is 5.35. The van der Waals surface area contributed by atoms with Crippen LogP contribution in [0.5, 0.6) is 0 Å². The number of nitriles is 1. The Labute approximate surface area is 67.5 Å². The molecular formula is C9H13NO. The van der Waals surface area contributed by atoms with Crippen LogP contribution in [0.15, 0.2) is 12.7 Å². The Morgan fingerprint density at radius 1 is 1.82 bits per heavy atom. The van der Waals surface area contributed by atoms with E-state index in [0.29, 0.717) is 19.3 Å². The van der Waals surface area contributed by atoms with Crippen molar-refractivity contribution in [1.82, 2.24) is 0 Å². The molecule has 0 rings (SSSR count). The first kappa shape index (κ1) is 9.90. The van der Waals surface area contributed by atoms with Gasteiger partial charge >= 0.3 is 0 Å². The second-order valence-electron chi connectivity index (χ2n) is 2.61. The number of rotatable bonds is 5. The van der Waals surface area contributed by atoms with E-state index in [0.717, 1.165) is 0 Å². The first-order valence-corrected chi connectivity index (χ1v) is 3.72. The van der Waals surface area contributed by atoms with E-state index in [1.165, 1.54) is 0 Å². The highest BCUT2D eigenvalue weighted by atomic mass is 16.1. The molecule has 0 aliphatic heterocycles. The molecule has 0 saturated carbocycles. The molecule has 0 N–H and O–H groups in total. The minimum Gasteiger partial charge on any atom is -0.300 e. The van der Waals surface area contributed by atoms with Gasteiger partial charge < -0.3 is 0 Å². The Morgan fingerprint density at radius 2 is 2.45 bits per heavy atom. The third-order valence-electron chi connectivity index (χ3n) is 1.47. The van der Waals surface area contributed by atoms with E-state index >= 15 is 0 Å². The maximum Gasteiger partial charge on any atom is 0.134 e. The quantitative estimate of drug-likeness (QED) is 0.564. The number of carbonyl (C=O) groups excluding carboxylic acids is 1. The average molecular weight is 151 g/mol. The van der Waals surface area contributed by atoms with Gasteiger partial charge in [0.15, 0.2) is 0 Å². The zero-order valence-electron chi connectivity index (χ0n) is 6.84. The summed E-state index contributed by atoms with van der Waals surface area (Å²) in [5.41, 5.74) is 0. The SMILES string of the molecule is C=CC(C)CC(=O)CCC#N. The highest BCUT2D eigenvalue weighted by Crippen LogP contribution is 2.05. The van der Waals surface area contributed by atoms with Gasteiger partial charge in [0.1, 0.15) is 5.78 Å². The summed E-state index contributed by atoms with van der Waals surface area (Å²) in [6.07, 6.45) is 2.99. The number of carbonyl (C=O) groups is 1. The van der Waals surface area contributed by atoms with Crippen molar-refractivity contribution in [3.63, 3.8) is 0 Å². The van der Waals surface area contributed by atoms with E-state index in [-0.39, 0.29) is 11.7 Å². The normalized spacial score (nSPS) is 11.6. The first-order chi connectivity index (χ1) is 5.20. The summed E-state index contributed by atoms with van der Waals surface area (Å²) in [5, 5.41) is 8.18. The van der Waals surface area contributed by atoms with Crippen molar-refractivity contribution < 1.29 is 4.79 Å². The molecule has 60 valence electrons. The van der Waals surface area contributed by atoms with Crippen LogP contribution in [0.1, 0.15) is 26.2 Å². The van der Waals surface area contributed by atoms with E-state index < -0.39 is 0 Å². The molecule has 2 heteroatoms. The van der Waals surface area contributed by atoms with Gasteiger partial charge in [0, 0.05) is 19.3 Å². The van der Waals surface area contributed by atoms with Crippen LogP contribution in [0.25, 0.3) is 0 Å². The van der Waals surface area contributed by atoms with Crippen LogP contribution in [0.2, 0.25) is 0 Å². The number of nitrogens with zero attached hydrogens (tertiary/aromatic N) is 1. The average Bonchev–Trinajstić information content (AvgIpc) is 2.00. The molecule has 0 aromatic heterocycles. The van der Waals surface area contributed by atoms with Crippen molar-refractivity contribution in [3.8, 4) is 6.07 Å². The van der Waals surface area contributed by atoms with E-state index in [4.69, 9.17) is 5.26 Å². The van der Waals surface area contributed by atoms with E-state index in [9.17, 15) is 4.79 Å². The van der Waals surface area contributed by atoms with Crippen LogP contribution in [-0.2, 0) is 4.79 Å². The Balaban J connectivity index is 3.53. The highest BCUT2D eigenvalue weighted by molar-refractivity contribution is 5.78. The van der Waals surface area contributed by atoms with Gasteiger partial charge in [-0.1, -0.05) is 13.0 Å². The molecule has 0 fully saturated rings. The van der Waals surface area contributed by atoms with Gasteiger partial charge in [-0.2, -0.15) is 5.26 Å². The molecule has 1 atom stereocenters. The molecule has 0 aliphatic carbocycles. The summed E-state index contributed by atoms with van der Waals surface area (Å²) in [6.45, 7) is 5.52. The Kier molecular flexibility index (Phi) is 5.10. The van der Waals surface area contributed by atoms with Gasteiger partial charge in [0.05, 0.1) is 6.07 Å². The predicted molar refractivity (Wildman–Crippen MR) is 43.8 cm³/mol. The van der Waals surface area contributed by atoms with Crippen LogP contribution in [0, 0.1) is 17.2 Å². The van der Waals surface area contributed by atoms with E-state index in [1.807, 2.05) is 13.0 Å². The fraction of sp³-hybridized carbons (Fsp3) is 0.556. The smallest absolute Gasteiger partial charge is 0.134 e. The predicted octanol–water partition coefficient (Wildman–Crippen LogP) is 2.07. The van der Waals surface area contributed by atoms with Gasteiger partial charge in [0.2, 0.25) is 0 Å². The summed E-state index contributed by atoms with van der Waals surface area (Å²) in [5.74, 6) is 0.389. The summed E-state index contributed by atoms with van der Waals surface area (Å²) >= 11 is 0. The number of allylic oxidation sites excluding steroid dienone is 1. The van der Waals surface area contributed by atoms with Crippen LogP contribution in [0.4, 0.5) is 0 Å². The van der Waals surface area contributed by atoms with Gasteiger partial charge in [-0.15, -0.1) is 6.58 Å². The van der Waals surface area contributed by atoms with Crippen molar-refractivity contribution in [2.45, 2.75) is 26.2 Å². The summed E-state index contributed by atoms with van der Waals surface area (Å²) in [4.78, 5) is 11.0. The highest BCUT2D eigenvalue weighted by Gasteiger charge is 2.04. The summed E-state index contributed by atoms with van der Waals surface area (Å²) < 4.78 is 0. The zero-order valence-corrected chi connectivity index (χ0v) is 6.84. The topological polar surface area (TPSA) is 40.9 Å². The lowest BCUT2D eigenvalue weighted by Crippen LogP contribution is -2.02. The Morgan fingerprint density at radius 3 is 2.91 bits per heavy atom. The molecule has 0 aliphatic rings. The van der Waals surface area contributed by atoms with Crippen molar-refractivity contribution >= 4 is 5.78 Å². The maximum absolute atomic E-state index is 11.0. The molecule has 0 aromatic rings. The molecule has 0 saturated heterocycles. The molecule has 2 nitrogen and oxygen atoms in total. The summed E-state index contributed by atoms with van der Waals surface area (Å²) in [7, 11) is 0. The molecule has 0 amide bonds. The minimum absolute atomic E-state index is 0.152. The van der Waals surface area contributed by atoms with Crippen molar-refractivity contribution in [2.24, 2.45) is 5.92 Å². The monoisotopic (exact) mass is 151 g/mol. The van der Waals surface area contributed by atoms with Gasteiger partial charge in [-0.25, -0.2) is 0 Å². The van der Waals surface area contributed by atoms with E-state index in [1.54, 1.807) is 6.08 Å². The van der Waals surface area contributed by atoms with Crippen LogP contribution in [0.3, 0.4) is 0 Å². The fourth-order valence-corrected chi connectivity index (χ4v) is 0.740. The maximum atomic E-state index is 11.0. The fourth-order valence-electron chi connectivity index (χ4n) is 0.740. The summed E-state index contributed by atoms with van der Waals surface area (Å²) in [6, 6.07) is 1.94. The number of hydrogen-bond donors (Lipinski definition) is 0. The molecule has 1 unspecified atom stereocenters. The van der Waals surface area contributed by atoms with Crippen LogP contribution in [-0.4, -0.2) is 5.78 Å². The molecule has 11 heavy (non-hydrogen) atoms. The molecule has 0 spiro atoms. The first-order valence-electron chi connectivity index (χ1n) is 3.72. The second-order valence-corrected chi connectivity index (χ2v) is 2.61. The molecular weight excluding hydrogens is 138 g/mol. The zero-order chi connectivity index (χ0) is 8.69. The Hall–Kier alpha value is -1.10. The van der Waals surface area contributed by atoms with Gasteiger partial charge in [-0.05, 0) is 5.92 Å². The van der Waals surface area contributed by atoms with Crippen molar-refractivity contribution in [3.05, 3.63) is 12.7 Å². The standard InChI is InChI=1S/C9H13NO/c1-3-8(2)7-9(11)5-4-6-10/h3,8H,1,4-5,7H2,2H3. The van der Waals surface area contributed by atoms with Crippen LogP contribution >= 0.6 is 0 Å². The van der Waals surface area contributed by atoms with Crippen LogP contribution < -0.4 is 0 Å². The number of hydrogen-bond acceptors (Lipinski definition) is 2. The molecule has 0 bridgehead atoms. The second kappa shape index (κ2) is 5.67. The minimum atomic E-state index is 0.152. The van der Waals surface area contributed by atoms with Gasteiger partial charge in [-0.3, -0.25) is 4.79 Å². The van der Waals surface area contributed by atoms with Gasteiger partial charge in [0.25, 0.3) is 0 Å². The Bertz CT molecular complexity index is 178.